The first-order chi connectivity index (χ1) is 14.7. The van der Waals surface area contributed by atoms with Crippen LogP contribution in [0.1, 0.15) is 48.4 Å². The quantitative estimate of drug-likeness (QED) is 0.719. The Kier molecular flexibility index (Phi) is 4.58. The molecule has 5 rings (SSSR count). The molecule has 0 fully saturated rings. The SMILES string of the molecule is CCc1ccc(C2C3=C(CC(c4ccc(OC)cc4)CC3=O)Nc3nnnn32)cc1. The highest BCUT2D eigenvalue weighted by molar-refractivity contribution is 6.00. The molecule has 0 spiro atoms. The number of Topliss-reactive ketones (excluding diaryl/α,β-unsaturated/α-hetero) is 1. The standard InChI is InChI=1S/C23H23N5O2/c1-3-14-4-6-16(7-5-14)22-21-19(24-23-25-26-27-28(22)23)12-17(13-20(21)29)15-8-10-18(30-2)11-9-15/h4-11,17,22H,3,12-13H2,1-2H3,(H,24,25,27). The summed E-state index contributed by atoms with van der Waals surface area (Å²) in [5, 5.41) is 15.5. The first-order valence-corrected chi connectivity index (χ1v) is 10.2. The molecule has 1 aliphatic carbocycles. The molecule has 2 aromatic carbocycles. The monoisotopic (exact) mass is 401 g/mol. The van der Waals surface area contributed by atoms with E-state index < -0.39 is 0 Å². The lowest BCUT2D eigenvalue weighted by Crippen LogP contribution is -2.33. The van der Waals surface area contributed by atoms with E-state index in [0.29, 0.717) is 12.4 Å². The molecule has 1 aliphatic heterocycles. The molecule has 2 heterocycles. The number of carbonyl (C=O) groups excluding carboxylic acids is 1. The van der Waals surface area contributed by atoms with Crippen LogP contribution in [0, 0.1) is 0 Å². The highest BCUT2D eigenvalue weighted by Gasteiger charge is 2.39. The Morgan fingerprint density at radius 2 is 1.80 bits per heavy atom. The number of rotatable bonds is 4. The van der Waals surface area contributed by atoms with Crippen LogP contribution in [-0.4, -0.2) is 33.1 Å². The maximum atomic E-state index is 13.4. The van der Waals surface area contributed by atoms with Crippen LogP contribution in [0.15, 0.2) is 59.8 Å². The molecule has 0 radical (unpaired) electrons. The van der Waals surface area contributed by atoms with E-state index in [1.165, 1.54) is 5.56 Å². The topological polar surface area (TPSA) is 81.9 Å². The van der Waals surface area contributed by atoms with Crippen LogP contribution in [0.4, 0.5) is 5.95 Å². The van der Waals surface area contributed by atoms with Crippen LogP contribution in [0.25, 0.3) is 0 Å². The number of anilines is 1. The minimum atomic E-state index is -0.304. The van der Waals surface area contributed by atoms with Crippen molar-refractivity contribution in [1.29, 1.82) is 0 Å². The third-order valence-electron chi connectivity index (χ3n) is 6.07. The molecule has 1 aromatic heterocycles. The highest BCUT2D eigenvalue weighted by atomic mass is 16.5. The van der Waals surface area contributed by atoms with Gasteiger partial charge in [-0.3, -0.25) is 4.79 Å². The number of hydrogen-bond acceptors (Lipinski definition) is 6. The van der Waals surface area contributed by atoms with Gasteiger partial charge >= 0.3 is 0 Å². The molecule has 2 atom stereocenters. The van der Waals surface area contributed by atoms with Crippen molar-refractivity contribution >= 4 is 11.7 Å². The Balaban J connectivity index is 1.54. The fraction of sp³-hybridized carbons (Fsp3) is 0.304. The van der Waals surface area contributed by atoms with Crippen LogP contribution < -0.4 is 10.1 Å². The average Bonchev–Trinajstić information content (AvgIpc) is 3.26. The molecule has 0 saturated heterocycles. The number of fused-ring (bicyclic) bond motifs is 1. The van der Waals surface area contributed by atoms with Gasteiger partial charge in [-0.1, -0.05) is 48.4 Å². The van der Waals surface area contributed by atoms with E-state index in [1.807, 2.05) is 24.3 Å². The minimum Gasteiger partial charge on any atom is -0.497 e. The van der Waals surface area contributed by atoms with Crippen LogP contribution in [0.3, 0.4) is 0 Å². The summed E-state index contributed by atoms with van der Waals surface area (Å²) in [6.45, 7) is 2.13. The van der Waals surface area contributed by atoms with E-state index in [-0.39, 0.29) is 17.7 Å². The van der Waals surface area contributed by atoms with Gasteiger partial charge in [0.25, 0.3) is 0 Å². The number of hydrogen-bond donors (Lipinski definition) is 1. The summed E-state index contributed by atoms with van der Waals surface area (Å²) >= 11 is 0. The molecule has 2 unspecified atom stereocenters. The first-order valence-electron chi connectivity index (χ1n) is 10.2. The van der Waals surface area contributed by atoms with E-state index in [9.17, 15) is 4.79 Å². The molecule has 1 N–H and O–H groups in total. The second-order valence-electron chi connectivity index (χ2n) is 7.76. The van der Waals surface area contributed by atoms with Crippen molar-refractivity contribution in [3.8, 4) is 5.75 Å². The number of ether oxygens (including phenoxy) is 1. The first kappa shape index (κ1) is 18.5. The van der Waals surface area contributed by atoms with Crippen LogP contribution in [-0.2, 0) is 11.2 Å². The zero-order valence-corrected chi connectivity index (χ0v) is 17.0. The van der Waals surface area contributed by atoms with Crippen molar-refractivity contribution in [1.82, 2.24) is 20.2 Å². The lowest BCUT2D eigenvalue weighted by molar-refractivity contribution is -0.116. The molecule has 3 aromatic rings. The van der Waals surface area contributed by atoms with Gasteiger partial charge in [-0.2, -0.15) is 4.68 Å². The summed E-state index contributed by atoms with van der Waals surface area (Å²) in [4.78, 5) is 13.4. The maximum Gasteiger partial charge on any atom is 0.248 e. The molecule has 152 valence electrons. The number of aromatic nitrogens is 4. The molecule has 0 amide bonds. The molecule has 7 heteroatoms. The minimum absolute atomic E-state index is 0.111. The van der Waals surface area contributed by atoms with E-state index in [0.717, 1.165) is 41.0 Å². The summed E-state index contributed by atoms with van der Waals surface area (Å²) in [7, 11) is 1.65. The number of ketones is 1. The Morgan fingerprint density at radius 3 is 2.50 bits per heavy atom. The number of carbonyl (C=O) groups is 1. The normalized spacial score (nSPS) is 20.4. The molecule has 30 heavy (non-hydrogen) atoms. The van der Waals surface area contributed by atoms with Crippen LogP contribution >= 0.6 is 0 Å². The molecule has 0 bridgehead atoms. The summed E-state index contributed by atoms with van der Waals surface area (Å²) in [5.41, 5.74) is 5.09. The zero-order chi connectivity index (χ0) is 20.7. The second-order valence-corrected chi connectivity index (χ2v) is 7.76. The number of allylic oxidation sites excluding steroid dienone is 2. The number of tetrazole rings is 1. The van der Waals surface area contributed by atoms with Crippen molar-refractivity contribution in [2.75, 3.05) is 12.4 Å². The Bertz CT molecular complexity index is 1120. The zero-order valence-electron chi connectivity index (χ0n) is 17.0. The number of nitrogens with zero attached hydrogens (tertiary/aromatic N) is 4. The smallest absolute Gasteiger partial charge is 0.248 e. The molecule has 0 saturated carbocycles. The fourth-order valence-corrected chi connectivity index (χ4v) is 4.43. The predicted molar refractivity (Wildman–Crippen MR) is 112 cm³/mol. The number of benzene rings is 2. The molecule has 2 aliphatic rings. The van der Waals surface area contributed by atoms with Gasteiger partial charge in [-0.15, -0.1) is 0 Å². The second kappa shape index (κ2) is 7.40. The van der Waals surface area contributed by atoms with E-state index in [2.05, 4.69) is 52.0 Å². The van der Waals surface area contributed by atoms with Crippen LogP contribution in [0.5, 0.6) is 5.75 Å². The summed E-state index contributed by atoms with van der Waals surface area (Å²) in [5.74, 6) is 1.63. The largest absolute Gasteiger partial charge is 0.497 e. The van der Waals surface area contributed by atoms with Crippen LogP contribution in [0.2, 0.25) is 0 Å². The lowest BCUT2D eigenvalue weighted by atomic mass is 9.78. The van der Waals surface area contributed by atoms with Gasteiger partial charge in [0.1, 0.15) is 11.8 Å². The fourth-order valence-electron chi connectivity index (χ4n) is 4.43. The molecular formula is C23H23N5O2. The van der Waals surface area contributed by atoms with Gasteiger partial charge in [0.2, 0.25) is 5.95 Å². The third-order valence-corrected chi connectivity index (χ3v) is 6.07. The van der Waals surface area contributed by atoms with Crippen molar-refractivity contribution in [2.24, 2.45) is 0 Å². The average molecular weight is 401 g/mol. The van der Waals surface area contributed by atoms with Gasteiger partial charge in [-0.25, -0.2) is 0 Å². The van der Waals surface area contributed by atoms with Crippen molar-refractivity contribution in [3.63, 3.8) is 0 Å². The maximum absolute atomic E-state index is 13.4. The van der Waals surface area contributed by atoms with E-state index in [1.54, 1.807) is 11.8 Å². The Hall–Kier alpha value is -3.48. The molecular weight excluding hydrogens is 378 g/mol. The number of nitrogens with one attached hydrogen (secondary N) is 1. The highest BCUT2D eigenvalue weighted by Crippen LogP contribution is 2.43. The van der Waals surface area contributed by atoms with Crippen molar-refractivity contribution in [2.45, 2.75) is 38.1 Å². The van der Waals surface area contributed by atoms with Gasteiger partial charge in [-0.05, 0) is 58.0 Å². The predicted octanol–water partition coefficient (Wildman–Crippen LogP) is 3.66. The van der Waals surface area contributed by atoms with Gasteiger partial charge in [0.05, 0.1) is 7.11 Å². The van der Waals surface area contributed by atoms with Crippen molar-refractivity contribution in [3.05, 3.63) is 76.5 Å². The van der Waals surface area contributed by atoms with E-state index in [4.69, 9.17) is 4.74 Å². The van der Waals surface area contributed by atoms with Gasteiger partial charge in [0.15, 0.2) is 5.78 Å². The van der Waals surface area contributed by atoms with Gasteiger partial charge < -0.3 is 10.1 Å². The number of methoxy groups -OCH3 is 1. The molecule has 7 nitrogen and oxygen atoms in total. The summed E-state index contributed by atoms with van der Waals surface area (Å²) in [6.07, 6.45) is 2.18. The van der Waals surface area contributed by atoms with E-state index >= 15 is 0 Å². The Morgan fingerprint density at radius 1 is 1.07 bits per heavy atom. The lowest BCUT2D eigenvalue weighted by Gasteiger charge is -2.34. The summed E-state index contributed by atoms with van der Waals surface area (Å²) < 4.78 is 6.97. The van der Waals surface area contributed by atoms with Gasteiger partial charge in [0, 0.05) is 17.7 Å². The summed E-state index contributed by atoms with van der Waals surface area (Å²) in [6, 6.07) is 16.0. The third kappa shape index (κ3) is 3.07. The van der Waals surface area contributed by atoms with Crippen molar-refractivity contribution < 1.29 is 9.53 Å². The number of aryl methyl sites for hydroxylation is 1. The Labute approximate surface area is 174 Å².